The van der Waals surface area contributed by atoms with Crippen LogP contribution >= 0.6 is 0 Å². The summed E-state index contributed by atoms with van der Waals surface area (Å²) in [5.41, 5.74) is 2.48. The summed E-state index contributed by atoms with van der Waals surface area (Å²) >= 11 is 0. The number of aromatic carboxylic acids is 1. The normalized spacial score (nSPS) is 15.3. The van der Waals surface area contributed by atoms with E-state index in [0.717, 1.165) is 18.5 Å². The molecular weight excluding hydrogens is 242 g/mol. The summed E-state index contributed by atoms with van der Waals surface area (Å²) in [6.07, 6.45) is 8.53. The van der Waals surface area contributed by atoms with E-state index in [0.29, 0.717) is 12.3 Å². The van der Waals surface area contributed by atoms with Crippen LogP contribution in [-0.2, 0) is 6.54 Å². The molecule has 0 aromatic carbocycles. The summed E-state index contributed by atoms with van der Waals surface area (Å²) in [5, 5.41) is 12.2. The molecule has 0 radical (unpaired) electrons. The van der Waals surface area contributed by atoms with Crippen molar-refractivity contribution in [3.8, 4) is 0 Å². The van der Waals surface area contributed by atoms with Crippen LogP contribution in [0.25, 0.3) is 0 Å². The Morgan fingerprint density at radius 1 is 1.47 bits per heavy atom. The first-order chi connectivity index (χ1) is 9.16. The van der Waals surface area contributed by atoms with E-state index in [1.165, 1.54) is 25.7 Å². The highest BCUT2D eigenvalue weighted by Gasteiger charge is 2.12. The Labute approximate surface area is 113 Å². The number of allylic oxidation sites excluding steroid dienone is 1. The van der Waals surface area contributed by atoms with Crippen molar-refractivity contribution in [2.45, 2.75) is 45.6 Å². The van der Waals surface area contributed by atoms with Gasteiger partial charge in [-0.1, -0.05) is 11.6 Å². The van der Waals surface area contributed by atoms with Gasteiger partial charge in [-0.05, 0) is 51.6 Å². The molecule has 0 fully saturated rings. The number of hydrogen-bond donors (Lipinski definition) is 2. The molecule has 0 aliphatic heterocycles. The van der Waals surface area contributed by atoms with Crippen molar-refractivity contribution in [1.82, 2.24) is 5.32 Å². The van der Waals surface area contributed by atoms with Crippen LogP contribution < -0.4 is 5.32 Å². The van der Waals surface area contributed by atoms with E-state index in [2.05, 4.69) is 11.4 Å². The number of nitrogens with one attached hydrogen (secondary N) is 1. The van der Waals surface area contributed by atoms with E-state index in [1.807, 2.05) is 0 Å². The molecule has 2 rings (SSSR count). The quantitative estimate of drug-likeness (QED) is 0.611. The highest BCUT2D eigenvalue weighted by atomic mass is 16.4. The fourth-order valence-electron chi connectivity index (χ4n) is 2.40. The third-order valence-electron chi connectivity index (χ3n) is 3.55. The Balaban J connectivity index is 1.76. The fourth-order valence-corrected chi connectivity index (χ4v) is 2.40. The van der Waals surface area contributed by atoms with Crippen LogP contribution in [0, 0.1) is 6.92 Å². The van der Waals surface area contributed by atoms with E-state index in [-0.39, 0.29) is 5.76 Å². The van der Waals surface area contributed by atoms with Gasteiger partial charge in [0.05, 0.1) is 0 Å². The molecule has 0 bridgehead atoms. The van der Waals surface area contributed by atoms with Crippen molar-refractivity contribution in [3.05, 3.63) is 34.8 Å². The van der Waals surface area contributed by atoms with Gasteiger partial charge in [0.15, 0.2) is 0 Å². The highest BCUT2D eigenvalue weighted by Crippen LogP contribution is 2.19. The summed E-state index contributed by atoms with van der Waals surface area (Å²) in [6, 6.07) is 1.60. The maximum absolute atomic E-state index is 10.8. The van der Waals surface area contributed by atoms with Crippen LogP contribution in [0.4, 0.5) is 0 Å². The monoisotopic (exact) mass is 263 g/mol. The minimum absolute atomic E-state index is 0.0179. The second-order valence-corrected chi connectivity index (χ2v) is 5.03. The zero-order valence-electron chi connectivity index (χ0n) is 11.4. The molecule has 4 heteroatoms. The second kappa shape index (κ2) is 6.57. The molecule has 1 aliphatic carbocycles. The zero-order valence-corrected chi connectivity index (χ0v) is 11.4. The minimum Gasteiger partial charge on any atom is -0.475 e. The molecule has 0 saturated heterocycles. The molecule has 1 aromatic rings. The van der Waals surface area contributed by atoms with Gasteiger partial charge >= 0.3 is 5.97 Å². The van der Waals surface area contributed by atoms with Crippen LogP contribution in [0.15, 0.2) is 22.1 Å². The van der Waals surface area contributed by atoms with Crippen LogP contribution in [0.5, 0.6) is 0 Å². The Morgan fingerprint density at radius 2 is 2.32 bits per heavy atom. The lowest BCUT2D eigenvalue weighted by atomic mass is 9.97. The van der Waals surface area contributed by atoms with Gasteiger partial charge in [-0.15, -0.1) is 0 Å². The van der Waals surface area contributed by atoms with Crippen molar-refractivity contribution in [2.75, 3.05) is 6.54 Å². The molecule has 19 heavy (non-hydrogen) atoms. The van der Waals surface area contributed by atoms with E-state index in [1.54, 1.807) is 18.6 Å². The largest absolute Gasteiger partial charge is 0.475 e. The van der Waals surface area contributed by atoms with Crippen molar-refractivity contribution < 1.29 is 14.3 Å². The van der Waals surface area contributed by atoms with Crippen LogP contribution in [0.2, 0.25) is 0 Å². The summed E-state index contributed by atoms with van der Waals surface area (Å²) < 4.78 is 5.17. The van der Waals surface area contributed by atoms with Gasteiger partial charge in [-0.3, -0.25) is 0 Å². The summed E-state index contributed by atoms with van der Waals surface area (Å²) in [7, 11) is 0. The molecule has 4 nitrogen and oxygen atoms in total. The zero-order chi connectivity index (χ0) is 13.7. The maximum Gasteiger partial charge on any atom is 0.371 e. The van der Waals surface area contributed by atoms with Gasteiger partial charge in [0, 0.05) is 12.1 Å². The van der Waals surface area contributed by atoms with E-state index < -0.39 is 5.97 Å². The SMILES string of the molecule is Cc1oc(C(=O)O)cc1CNCCC1=CCCCC1. The number of furan rings is 1. The third-order valence-corrected chi connectivity index (χ3v) is 3.55. The van der Waals surface area contributed by atoms with Crippen molar-refractivity contribution in [2.24, 2.45) is 0 Å². The first-order valence-electron chi connectivity index (χ1n) is 6.88. The van der Waals surface area contributed by atoms with Crippen molar-refractivity contribution >= 4 is 5.97 Å². The van der Waals surface area contributed by atoms with Gasteiger partial charge < -0.3 is 14.8 Å². The predicted octanol–water partition coefficient (Wildman–Crippen LogP) is 3.27. The van der Waals surface area contributed by atoms with Gasteiger partial charge in [-0.25, -0.2) is 4.79 Å². The van der Waals surface area contributed by atoms with Crippen LogP contribution in [-0.4, -0.2) is 17.6 Å². The molecule has 0 atom stereocenters. The molecule has 104 valence electrons. The minimum atomic E-state index is -1.01. The average molecular weight is 263 g/mol. The fraction of sp³-hybridized carbons (Fsp3) is 0.533. The number of carboxylic acid groups (broad SMARTS) is 1. The number of hydrogen-bond acceptors (Lipinski definition) is 3. The Kier molecular flexibility index (Phi) is 4.80. The standard InChI is InChI=1S/C15H21NO3/c1-11-13(9-14(19-11)15(17)18)10-16-8-7-12-5-3-2-4-6-12/h5,9,16H,2-4,6-8,10H2,1H3,(H,17,18). The molecule has 1 aromatic heterocycles. The molecule has 0 amide bonds. The first-order valence-corrected chi connectivity index (χ1v) is 6.88. The average Bonchev–Trinajstić information content (AvgIpc) is 2.78. The first kappa shape index (κ1) is 13.9. The third kappa shape index (κ3) is 3.96. The molecule has 0 saturated carbocycles. The number of aryl methyl sites for hydroxylation is 1. The molecular formula is C15H21NO3. The molecule has 0 spiro atoms. The van der Waals surface area contributed by atoms with Crippen molar-refractivity contribution in [3.63, 3.8) is 0 Å². The molecule has 1 heterocycles. The maximum atomic E-state index is 10.8. The van der Waals surface area contributed by atoms with Crippen LogP contribution in [0.3, 0.4) is 0 Å². The summed E-state index contributed by atoms with van der Waals surface area (Å²) in [6.45, 7) is 3.39. The van der Waals surface area contributed by atoms with Crippen molar-refractivity contribution in [1.29, 1.82) is 0 Å². The number of carboxylic acids is 1. The van der Waals surface area contributed by atoms with Crippen LogP contribution in [0.1, 0.15) is 54.0 Å². The summed E-state index contributed by atoms with van der Waals surface area (Å²) in [5.74, 6) is -0.312. The molecule has 2 N–H and O–H groups in total. The lowest BCUT2D eigenvalue weighted by Crippen LogP contribution is -2.15. The van der Waals surface area contributed by atoms with E-state index in [4.69, 9.17) is 9.52 Å². The van der Waals surface area contributed by atoms with Gasteiger partial charge in [0.2, 0.25) is 5.76 Å². The highest BCUT2D eigenvalue weighted by molar-refractivity contribution is 5.84. The predicted molar refractivity (Wildman–Crippen MR) is 73.3 cm³/mol. The lowest BCUT2D eigenvalue weighted by molar-refractivity contribution is 0.0661. The van der Waals surface area contributed by atoms with Gasteiger partial charge in [0.25, 0.3) is 0 Å². The lowest BCUT2D eigenvalue weighted by Gasteiger charge is -2.12. The topological polar surface area (TPSA) is 62.5 Å². The van der Waals surface area contributed by atoms with E-state index >= 15 is 0 Å². The van der Waals surface area contributed by atoms with E-state index in [9.17, 15) is 4.79 Å². The number of rotatable bonds is 6. The number of carbonyl (C=O) groups is 1. The Bertz CT molecular complexity index is 474. The Morgan fingerprint density at radius 3 is 2.95 bits per heavy atom. The smallest absolute Gasteiger partial charge is 0.371 e. The molecule has 0 unspecified atom stereocenters. The molecule has 1 aliphatic rings. The van der Waals surface area contributed by atoms with Gasteiger partial charge in [0.1, 0.15) is 5.76 Å². The van der Waals surface area contributed by atoms with Gasteiger partial charge in [-0.2, -0.15) is 0 Å². The second-order valence-electron chi connectivity index (χ2n) is 5.03. The Hall–Kier alpha value is -1.55. The summed E-state index contributed by atoms with van der Waals surface area (Å²) in [4.78, 5) is 10.8.